The summed E-state index contributed by atoms with van der Waals surface area (Å²) in [6.07, 6.45) is 7.33. The highest BCUT2D eigenvalue weighted by Crippen LogP contribution is 2.33. The van der Waals surface area contributed by atoms with Crippen molar-refractivity contribution >= 4 is 11.6 Å². The molecular formula is C12H19ClN2O. The SMILES string of the molecule is CCn1cc(CC2(CCl)CCCOC2)cn1. The number of hydrogen-bond donors (Lipinski definition) is 0. The zero-order valence-corrected chi connectivity index (χ0v) is 10.5. The lowest BCUT2D eigenvalue weighted by Gasteiger charge is -2.35. The minimum atomic E-state index is 0.126. The van der Waals surface area contributed by atoms with E-state index in [0.29, 0.717) is 5.88 Å². The lowest BCUT2D eigenvalue weighted by molar-refractivity contribution is 0.00477. The van der Waals surface area contributed by atoms with Gasteiger partial charge in [-0.3, -0.25) is 4.68 Å². The quantitative estimate of drug-likeness (QED) is 0.759. The zero-order valence-electron chi connectivity index (χ0n) is 9.79. The molecule has 2 rings (SSSR count). The Bertz CT molecular complexity index is 332. The van der Waals surface area contributed by atoms with Crippen molar-refractivity contribution in [1.29, 1.82) is 0 Å². The molecule has 1 aliphatic heterocycles. The summed E-state index contributed by atoms with van der Waals surface area (Å²) in [5.74, 6) is 0.671. The van der Waals surface area contributed by atoms with Crippen LogP contribution in [-0.4, -0.2) is 28.9 Å². The summed E-state index contributed by atoms with van der Waals surface area (Å²) in [5, 5.41) is 4.30. The Balaban J connectivity index is 2.05. The standard InChI is InChI=1S/C12H19ClN2O/c1-2-15-8-11(7-14-15)6-12(9-13)4-3-5-16-10-12/h7-8H,2-6,9-10H2,1H3. The van der Waals surface area contributed by atoms with Crippen molar-refractivity contribution in [3.8, 4) is 0 Å². The Morgan fingerprint density at radius 2 is 2.50 bits per heavy atom. The lowest BCUT2D eigenvalue weighted by Crippen LogP contribution is -2.35. The number of aryl methyl sites for hydroxylation is 1. The first kappa shape index (κ1) is 11.9. The van der Waals surface area contributed by atoms with Gasteiger partial charge in [0.2, 0.25) is 0 Å². The first-order valence-corrected chi connectivity index (χ1v) is 6.46. The molecule has 0 saturated carbocycles. The van der Waals surface area contributed by atoms with Gasteiger partial charge in [-0.15, -0.1) is 11.6 Å². The van der Waals surface area contributed by atoms with E-state index in [1.807, 2.05) is 10.9 Å². The van der Waals surface area contributed by atoms with E-state index in [0.717, 1.165) is 39.0 Å². The predicted octanol–water partition coefficient (Wildman–Crippen LogP) is 2.48. The van der Waals surface area contributed by atoms with E-state index in [-0.39, 0.29) is 5.41 Å². The fourth-order valence-electron chi connectivity index (χ4n) is 2.31. The molecule has 1 aliphatic rings. The predicted molar refractivity (Wildman–Crippen MR) is 64.8 cm³/mol. The Morgan fingerprint density at radius 3 is 3.06 bits per heavy atom. The van der Waals surface area contributed by atoms with Crippen molar-refractivity contribution in [2.24, 2.45) is 5.41 Å². The van der Waals surface area contributed by atoms with Crippen molar-refractivity contribution in [1.82, 2.24) is 9.78 Å². The lowest BCUT2D eigenvalue weighted by atomic mass is 9.79. The summed E-state index contributed by atoms with van der Waals surface area (Å²) in [4.78, 5) is 0. The number of rotatable bonds is 4. The number of hydrogen-bond acceptors (Lipinski definition) is 2. The van der Waals surface area contributed by atoms with Crippen LogP contribution < -0.4 is 0 Å². The second-order valence-corrected chi connectivity index (χ2v) is 4.94. The topological polar surface area (TPSA) is 27.1 Å². The van der Waals surface area contributed by atoms with Gasteiger partial charge in [0, 0.05) is 30.6 Å². The molecule has 90 valence electrons. The molecule has 0 spiro atoms. The molecule has 1 unspecified atom stereocenters. The van der Waals surface area contributed by atoms with Crippen LogP contribution in [0.15, 0.2) is 12.4 Å². The maximum absolute atomic E-state index is 6.12. The zero-order chi connectivity index (χ0) is 11.4. The minimum absolute atomic E-state index is 0.126. The number of nitrogens with zero attached hydrogens (tertiary/aromatic N) is 2. The van der Waals surface area contributed by atoms with Gasteiger partial charge >= 0.3 is 0 Å². The van der Waals surface area contributed by atoms with Crippen molar-refractivity contribution in [2.45, 2.75) is 32.7 Å². The molecule has 16 heavy (non-hydrogen) atoms. The third kappa shape index (κ3) is 2.58. The van der Waals surface area contributed by atoms with Gasteiger partial charge in [-0.05, 0) is 31.7 Å². The molecule has 0 N–H and O–H groups in total. The summed E-state index contributed by atoms with van der Waals surface area (Å²) in [6.45, 7) is 4.68. The average Bonchev–Trinajstić information content (AvgIpc) is 2.78. The van der Waals surface area contributed by atoms with Crippen molar-refractivity contribution in [2.75, 3.05) is 19.1 Å². The van der Waals surface area contributed by atoms with Crippen LogP contribution in [0.3, 0.4) is 0 Å². The third-order valence-electron chi connectivity index (χ3n) is 3.28. The Hall–Kier alpha value is -0.540. The molecule has 1 aromatic rings. The summed E-state index contributed by atoms with van der Waals surface area (Å²) in [7, 11) is 0. The second-order valence-electron chi connectivity index (χ2n) is 4.67. The van der Waals surface area contributed by atoms with E-state index in [9.17, 15) is 0 Å². The van der Waals surface area contributed by atoms with Gasteiger partial charge < -0.3 is 4.74 Å². The monoisotopic (exact) mass is 242 g/mol. The van der Waals surface area contributed by atoms with Crippen LogP contribution in [0.2, 0.25) is 0 Å². The fraction of sp³-hybridized carbons (Fsp3) is 0.750. The number of aromatic nitrogens is 2. The van der Waals surface area contributed by atoms with Gasteiger partial charge in [0.1, 0.15) is 0 Å². The highest BCUT2D eigenvalue weighted by Gasteiger charge is 2.32. The molecule has 3 nitrogen and oxygen atoms in total. The Morgan fingerprint density at radius 1 is 1.62 bits per heavy atom. The van der Waals surface area contributed by atoms with E-state index in [2.05, 4.69) is 18.2 Å². The van der Waals surface area contributed by atoms with Crippen LogP contribution in [0.5, 0.6) is 0 Å². The van der Waals surface area contributed by atoms with Gasteiger partial charge in [-0.25, -0.2) is 0 Å². The smallest absolute Gasteiger partial charge is 0.0537 e. The van der Waals surface area contributed by atoms with Gasteiger partial charge in [0.15, 0.2) is 0 Å². The minimum Gasteiger partial charge on any atom is -0.381 e. The van der Waals surface area contributed by atoms with Gasteiger partial charge in [0.25, 0.3) is 0 Å². The Kier molecular flexibility index (Phi) is 3.87. The van der Waals surface area contributed by atoms with E-state index in [4.69, 9.17) is 16.3 Å². The van der Waals surface area contributed by atoms with Crippen LogP contribution in [0.25, 0.3) is 0 Å². The second kappa shape index (κ2) is 5.19. The summed E-state index contributed by atoms with van der Waals surface area (Å²) < 4.78 is 7.53. The van der Waals surface area contributed by atoms with Crippen LogP contribution in [0.1, 0.15) is 25.3 Å². The summed E-state index contributed by atoms with van der Waals surface area (Å²) in [6, 6.07) is 0. The van der Waals surface area contributed by atoms with Crippen LogP contribution in [0.4, 0.5) is 0 Å². The van der Waals surface area contributed by atoms with E-state index >= 15 is 0 Å². The number of halogens is 1. The molecule has 0 radical (unpaired) electrons. The molecule has 0 bridgehead atoms. The maximum Gasteiger partial charge on any atom is 0.0537 e. The summed E-state index contributed by atoms with van der Waals surface area (Å²) >= 11 is 6.12. The maximum atomic E-state index is 6.12. The van der Waals surface area contributed by atoms with Crippen molar-refractivity contribution in [3.05, 3.63) is 18.0 Å². The highest BCUT2D eigenvalue weighted by molar-refractivity contribution is 6.18. The third-order valence-corrected chi connectivity index (χ3v) is 3.84. The van der Waals surface area contributed by atoms with Gasteiger partial charge in [-0.1, -0.05) is 0 Å². The molecule has 1 aromatic heterocycles. The molecule has 4 heteroatoms. The van der Waals surface area contributed by atoms with Crippen LogP contribution in [0, 0.1) is 5.41 Å². The van der Waals surface area contributed by atoms with Crippen LogP contribution >= 0.6 is 11.6 Å². The molecule has 0 amide bonds. The molecular weight excluding hydrogens is 224 g/mol. The summed E-state index contributed by atoms with van der Waals surface area (Å²) in [5.41, 5.74) is 1.40. The number of ether oxygens (including phenoxy) is 1. The van der Waals surface area contributed by atoms with E-state index in [1.165, 1.54) is 5.56 Å². The molecule has 1 atom stereocenters. The van der Waals surface area contributed by atoms with E-state index in [1.54, 1.807) is 0 Å². The largest absolute Gasteiger partial charge is 0.381 e. The number of alkyl halides is 1. The van der Waals surface area contributed by atoms with Gasteiger partial charge in [0.05, 0.1) is 12.8 Å². The van der Waals surface area contributed by atoms with Gasteiger partial charge in [-0.2, -0.15) is 5.10 Å². The molecule has 1 fully saturated rings. The fourth-order valence-corrected chi connectivity index (χ4v) is 2.61. The molecule has 2 heterocycles. The average molecular weight is 243 g/mol. The van der Waals surface area contributed by atoms with E-state index < -0.39 is 0 Å². The Labute approximate surface area is 102 Å². The normalized spacial score (nSPS) is 25.9. The van der Waals surface area contributed by atoms with Crippen molar-refractivity contribution in [3.63, 3.8) is 0 Å². The molecule has 1 saturated heterocycles. The highest BCUT2D eigenvalue weighted by atomic mass is 35.5. The molecule has 0 aromatic carbocycles. The van der Waals surface area contributed by atoms with Crippen molar-refractivity contribution < 1.29 is 4.74 Å². The van der Waals surface area contributed by atoms with Crippen LogP contribution in [-0.2, 0) is 17.7 Å². The first-order valence-electron chi connectivity index (χ1n) is 5.93. The first-order chi connectivity index (χ1) is 7.78. The molecule has 0 aliphatic carbocycles.